The van der Waals surface area contributed by atoms with Crippen molar-refractivity contribution < 1.29 is 14.3 Å². The summed E-state index contributed by atoms with van der Waals surface area (Å²) in [7, 11) is 1.59. The van der Waals surface area contributed by atoms with Gasteiger partial charge in [-0.05, 0) is 42.7 Å². The Labute approximate surface area is 159 Å². The molecule has 0 bridgehead atoms. The summed E-state index contributed by atoms with van der Waals surface area (Å²) in [6.45, 7) is 1.04. The molecule has 1 aliphatic rings. The molecule has 2 aromatic carbocycles. The predicted molar refractivity (Wildman–Crippen MR) is 106 cm³/mol. The van der Waals surface area contributed by atoms with Crippen LogP contribution in [-0.4, -0.2) is 43.0 Å². The van der Waals surface area contributed by atoms with Crippen molar-refractivity contribution in [2.45, 2.75) is 18.9 Å². The highest BCUT2D eigenvalue weighted by atomic mass is 16.5. The molecule has 5 nitrogen and oxygen atoms in total. The van der Waals surface area contributed by atoms with Crippen molar-refractivity contribution in [3.8, 4) is 5.75 Å². The second kappa shape index (κ2) is 9.03. The van der Waals surface area contributed by atoms with Crippen LogP contribution >= 0.6 is 0 Å². The summed E-state index contributed by atoms with van der Waals surface area (Å²) in [5.74, 6) is 0.481. The van der Waals surface area contributed by atoms with Crippen molar-refractivity contribution in [3.05, 3.63) is 71.8 Å². The van der Waals surface area contributed by atoms with E-state index < -0.39 is 6.04 Å². The zero-order valence-electron chi connectivity index (χ0n) is 15.4. The fourth-order valence-corrected chi connectivity index (χ4v) is 3.22. The smallest absolute Gasteiger partial charge is 0.254 e. The van der Waals surface area contributed by atoms with Gasteiger partial charge in [-0.2, -0.15) is 0 Å². The average Bonchev–Trinajstić information content (AvgIpc) is 3.21. The third-order valence-electron chi connectivity index (χ3n) is 4.66. The highest BCUT2D eigenvalue weighted by molar-refractivity contribution is 5.98. The third-order valence-corrected chi connectivity index (χ3v) is 4.66. The summed E-state index contributed by atoms with van der Waals surface area (Å²) in [5, 5.41) is 2.91. The van der Waals surface area contributed by atoms with Gasteiger partial charge in [-0.25, -0.2) is 0 Å². The fourth-order valence-electron chi connectivity index (χ4n) is 3.22. The molecule has 2 amide bonds. The summed E-state index contributed by atoms with van der Waals surface area (Å²) >= 11 is 0. The lowest BCUT2D eigenvalue weighted by Gasteiger charge is -2.24. The molecule has 0 saturated carbocycles. The van der Waals surface area contributed by atoms with Gasteiger partial charge in [0.2, 0.25) is 5.91 Å². The lowest BCUT2D eigenvalue weighted by atomic mass is 10.1. The first kappa shape index (κ1) is 18.7. The number of carbonyl (C=O) groups is 2. The normalized spacial score (nSPS) is 16.5. The van der Waals surface area contributed by atoms with Crippen LogP contribution < -0.4 is 10.1 Å². The molecule has 3 rings (SSSR count). The van der Waals surface area contributed by atoms with Crippen molar-refractivity contribution in [1.29, 1.82) is 0 Å². The number of nitrogens with one attached hydrogen (secondary N) is 1. The number of hydrogen-bond donors (Lipinski definition) is 1. The van der Waals surface area contributed by atoms with E-state index in [1.807, 2.05) is 42.5 Å². The van der Waals surface area contributed by atoms with E-state index in [0.717, 1.165) is 12.0 Å². The second-order valence-electron chi connectivity index (χ2n) is 6.44. The molecule has 5 heteroatoms. The molecule has 0 aliphatic carbocycles. The molecule has 1 atom stereocenters. The Morgan fingerprint density at radius 3 is 2.59 bits per heavy atom. The van der Waals surface area contributed by atoms with Crippen LogP contribution in [-0.2, 0) is 4.79 Å². The van der Waals surface area contributed by atoms with Crippen LogP contribution in [0.4, 0.5) is 0 Å². The minimum Gasteiger partial charge on any atom is -0.497 e. The van der Waals surface area contributed by atoms with E-state index in [9.17, 15) is 9.59 Å². The number of benzene rings is 2. The summed E-state index contributed by atoms with van der Waals surface area (Å²) in [6, 6.07) is 16.5. The molecule has 1 saturated heterocycles. The number of likely N-dealkylation sites (tertiary alicyclic amines) is 1. The lowest BCUT2D eigenvalue weighted by molar-refractivity contribution is -0.124. The zero-order valence-corrected chi connectivity index (χ0v) is 15.4. The maximum Gasteiger partial charge on any atom is 0.254 e. The SMILES string of the molecule is COc1ccc(C(=O)N2CCCC2C(=O)NC/C=C/c2ccccc2)cc1. The van der Waals surface area contributed by atoms with Crippen LogP contribution in [0.1, 0.15) is 28.8 Å². The summed E-state index contributed by atoms with van der Waals surface area (Å²) in [4.78, 5) is 27.0. The Morgan fingerprint density at radius 2 is 1.89 bits per heavy atom. The molecule has 27 heavy (non-hydrogen) atoms. The summed E-state index contributed by atoms with van der Waals surface area (Å²) in [5.41, 5.74) is 1.66. The van der Waals surface area contributed by atoms with Gasteiger partial charge in [0.15, 0.2) is 0 Å². The van der Waals surface area contributed by atoms with Crippen LogP contribution in [0.3, 0.4) is 0 Å². The third kappa shape index (κ3) is 4.76. The number of rotatable bonds is 6. The molecule has 2 aromatic rings. The molecule has 1 fully saturated rings. The Kier molecular flexibility index (Phi) is 6.26. The molecule has 0 spiro atoms. The largest absolute Gasteiger partial charge is 0.497 e. The number of amides is 2. The van der Waals surface area contributed by atoms with E-state index in [0.29, 0.717) is 30.8 Å². The monoisotopic (exact) mass is 364 g/mol. The van der Waals surface area contributed by atoms with Crippen molar-refractivity contribution in [2.75, 3.05) is 20.2 Å². The minimum absolute atomic E-state index is 0.105. The molecular weight excluding hydrogens is 340 g/mol. The van der Waals surface area contributed by atoms with E-state index >= 15 is 0 Å². The minimum atomic E-state index is -0.412. The maximum absolute atomic E-state index is 12.8. The number of hydrogen-bond acceptors (Lipinski definition) is 3. The fraction of sp³-hybridized carbons (Fsp3) is 0.273. The van der Waals surface area contributed by atoms with Gasteiger partial charge in [0.05, 0.1) is 7.11 Å². The second-order valence-corrected chi connectivity index (χ2v) is 6.44. The molecule has 0 aromatic heterocycles. The number of nitrogens with zero attached hydrogens (tertiary/aromatic N) is 1. The van der Waals surface area contributed by atoms with Crippen LogP contribution in [0, 0.1) is 0 Å². The number of methoxy groups -OCH3 is 1. The Hall–Kier alpha value is -3.08. The van der Waals surface area contributed by atoms with Crippen LogP contribution in [0.2, 0.25) is 0 Å². The molecule has 1 N–H and O–H groups in total. The van der Waals surface area contributed by atoms with Gasteiger partial charge in [-0.1, -0.05) is 42.5 Å². The Morgan fingerprint density at radius 1 is 1.15 bits per heavy atom. The summed E-state index contributed by atoms with van der Waals surface area (Å²) < 4.78 is 5.13. The van der Waals surface area contributed by atoms with Crippen LogP contribution in [0.15, 0.2) is 60.7 Å². The number of ether oxygens (including phenoxy) is 1. The van der Waals surface area contributed by atoms with Gasteiger partial charge in [-0.15, -0.1) is 0 Å². The highest BCUT2D eigenvalue weighted by Crippen LogP contribution is 2.21. The molecule has 1 unspecified atom stereocenters. The molecule has 1 aliphatic heterocycles. The van der Waals surface area contributed by atoms with E-state index in [1.165, 1.54) is 0 Å². The highest BCUT2D eigenvalue weighted by Gasteiger charge is 2.34. The Balaban J connectivity index is 1.57. The van der Waals surface area contributed by atoms with Gasteiger partial charge >= 0.3 is 0 Å². The molecule has 0 radical (unpaired) electrons. The van der Waals surface area contributed by atoms with Crippen molar-refractivity contribution in [3.63, 3.8) is 0 Å². The standard InChI is InChI=1S/C22H24N2O3/c1-27-19-13-11-18(12-14-19)22(26)24-16-6-10-20(24)21(25)23-15-5-9-17-7-3-2-4-8-17/h2-5,7-9,11-14,20H,6,10,15-16H2,1H3,(H,23,25)/b9-5+. The van der Waals surface area contributed by atoms with Gasteiger partial charge in [0.1, 0.15) is 11.8 Å². The Bertz CT molecular complexity index is 800. The van der Waals surface area contributed by atoms with Crippen molar-refractivity contribution in [2.24, 2.45) is 0 Å². The van der Waals surface area contributed by atoms with Gasteiger partial charge in [0, 0.05) is 18.7 Å². The first-order valence-electron chi connectivity index (χ1n) is 9.13. The van der Waals surface area contributed by atoms with E-state index in [2.05, 4.69) is 5.32 Å². The van der Waals surface area contributed by atoms with Crippen molar-refractivity contribution in [1.82, 2.24) is 10.2 Å². The molecular formula is C22H24N2O3. The quantitative estimate of drug-likeness (QED) is 0.857. The lowest BCUT2D eigenvalue weighted by Crippen LogP contribution is -2.46. The zero-order chi connectivity index (χ0) is 19.1. The van der Waals surface area contributed by atoms with E-state index in [4.69, 9.17) is 4.74 Å². The van der Waals surface area contributed by atoms with Gasteiger partial charge in [-0.3, -0.25) is 9.59 Å². The predicted octanol–water partition coefficient (Wildman–Crippen LogP) is 3.13. The molecule has 140 valence electrons. The topological polar surface area (TPSA) is 58.6 Å². The van der Waals surface area contributed by atoms with Gasteiger partial charge in [0.25, 0.3) is 5.91 Å². The van der Waals surface area contributed by atoms with Crippen molar-refractivity contribution >= 4 is 17.9 Å². The van der Waals surface area contributed by atoms with Crippen LogP contribution in [0.5, 0.6) is 5.75 Å². The molecule has 1 heterocycles. The van der Waals surface area contributed by atoms with Crippen LogP contribution in [0.25, 0.3) is 6.08 Å². The van der Waals surface area contributed by atoms with E-state index in [-0.39, 0.29) is 11.8 Å². The first-order valence-corrected chi connectivity index (χ1v) is 9.13. The number of carbonyl (C=O) groups excluding carboxylic acids is 2. The van der Waals surface area contributed by atoms with Gasteiger partial charge < -0.3 is 15.0 Å². The van der Waals surface area contributed by atoms with E-state index in [1.54, 1.807) is 36.3 Å². The summed E-state index contributed by atoms with van der Waals surface area (Å²) in [6.07, 6.45) is 5.41. The maximum atomic E-state index is 12.8. The average molecular weight is 364 g/mol. The first-order chi connectivity index (χ1) is 13.2.